The Hall–Kier alpha value is -0.160. The summed E-state index contributed by atoms with van der Waals surface area (Å²) < 4.78 is 5.83. The lowest BCUT2D eigenvalue weighted by Crippen LogP contribution is -2.53. The van der Waals surface area contributed by atoms with Crippen molar-refractivity contribution in [2.24, 2.45) is 11.3 Å². The van der Waals surface area contributed by atoms with E-state index >= 15 is 0 Å². The summed E-state index contributed by atoms with van der Waals surface area (Å²) in [7, 11) is 2.22. The number of nitrogens with one attached hydrogen (secondary N) is 1. The molecule has 4 nitrogen and oxygen atoms in total. The van der Waals surface area contributed by atoms with Crippen LogP contribution in [0.15, 0.2) is 0 Å². The largest absolute Gasteiger partial charge is 0.381 e. The molecule has 2 saturated heterocycles. The third-order valence-corrected chi connectivity index (χ3v) is 4.61. The van der Waals surface area contributed by atoms with Gasteiger partial charge in [0, 0.05) is 51.3 Å². The van der Waals surface area contributed by atoms with E-state index in [-0.39, 0.29) is 0 Å². The van der Waals surface area contributed by atoms with Gasteiger partial charge in [0.25, 0.3) is 0 Å². The minimum absolute atomic E-state index is 0.336. The van der Waals surface area contributed by atoms with Crippen molar-refractivity contribution >= 4 is 0 Å². The first kappa shape index (κ1) is 16.2. The van der Waals surface area contributed by atoms with Crippen LogP contribution in [0.4, 0.5) is 0 Å². The summed E-state index contributed by atoms with van der Waals surface area (Å²) in [6.07, 6.45) is 2.53. The molecule has 2 aliphatic heterocycles. The predicted molar refractivity (Wildman–Crippen MR) is 84.1 cm³/mol. The normalized spacial score (nSPS) is 30.0. The van der Waals surface area contributed by atoms with Crippen molar-refractivity contribution in [3.05, 3.63) is 0 Å². The zero-order valence-corrected chi connectivity index (χ0v) is 13.7. The second kappa shape index (κ2) is 7.74. The zero-order chi connectivity index (χ0) is 14.4. The monoisotopic (exact) mass is 283 g/mol. The minimum atomic E-state index is 0.336. The Morgan fingerprint density at radius 2 is 1.95 bits per heavy atom. The Balaban J connectivity index is 1.85. The number of piperazine rings is 1. The van der Waals surface area contributed by atoms with Gasteiger partial charge in [0.2, 0.25) is 0 Å². The lowest BCUT2D eigenvalue weighted by atomic mass is 9.81. The van der Waals surface area contributed by atoms with Gasteiger partial charge < -0.3 is 19.9 Å². The van der Waals surface area contributed by atoms with Crippen molar-refractivity contribution in [3.63, 3.8) is 0 Å². The van der Waals surface area contributed by atoms with Crippen LogP contribution in [-0.4, -0.2) is 75.9 Å². The first-order chi connectivity index (χ1) is 9.60. The number of nitrogens with zero attached hydrogens (tertiary/aromatic N) is 2. The molecule has 1 atom stereocenters. The smallest absolute Gasteiger partial charge is 0.0546 e. The molecule has 20 heavy (non-hydrogen) atoms. The maximum Gasteiger partial charge on any atom is 0.0546 e. The fourth-order valence-electron chi connectivity index (χ4n) is 3.34. The van der Waals surface area contributed by atoms with Gasteiger partial charge in [0.05, 0.1) is 6.61 Å². The molecule has 0 aliphatic carbocycles. The maximum atomic E-state index is 5.83. The molecule has 0 aromatic carbocycles. The quantitative estimate of drug-likeness (QED) is 0.795. The van der Waals surface area contributed by atoms with Gasteiger partial charge in [-0.2, -0.15) is 0 Å². The molecule has 4 heteroatoms. The van der Waals surface area contributed by atoms with E-state index in [1.54, 1.807) is 0 Å². The molecule has 0 spiro atoms. The van der Waals surface area contributed by atoms with Crippen LogP contribution in [0.5, 0.6) is 0 Å². The second-order valence-corrected chi connectivity index (χ2v) is 7.26. The summed E-state index contributed by atoms with van der Waals surface area (Å²) in [4.78, 5) is 5.07. The van der Waals surface area contributed by atoms with E-state index in [0.29, 0.717) is 5.41 Å². The Labute approximate surface area is 124 Å². The van der Waals surface area contributed by atoms with Crippen molar-refractivity contribution in [2.75, 3.05) is 66.1 Å². The number of hydrogen-bond donors (Lipinski definition) is 1. The summed E-state index contributed by atoms with van der Waals surface area (Å²) in [6, 6.07) is 0. The molecule has 0 radical (unpaired) electrons. The molecule has 2 rings (SSSR count). The molecule has 118 valence electrons. The van der Waals surface area contributed by atoms with Crippen molar-refractivity contribution in [1.29, 1.82) is 0 Å². The van der Waals surface area contributed by atoms with E-state index in [1.807, 2.05) is 0 Å². The minimum Gasteiger partial charge on any atom is -0.381 e. The molecule has 0 amide bonds. The van der Waals surface area contributed by atoms with E-state index in [0.717, 1.165) is 32.2 Å². The van der Waals surface area contributed by atoms with Gasteiger partial charge in [-0.1, -0.05) is 13.8 Å². The second-order valence-electron chi connectivity index (χ2n) is 7.26. The van der Waals surface area contributed by atoms with Crippen LogP contribution in [0.25, 0.3) is 0 Å². The predicted octanol–water partition coefficient (Wildman–Crippen LogP) is 1.28. The van der Waals surface area contributed by atoms with E-state index in [4.69, 9.17) is 4.74 Å². The Bertz CT molecular complexity index is 269. The number of ether oxygens (including phenoxy) is 1. The summed E-state index contributed by atoms with van der Waals surface area (Å²) in [5.74, 6) is 0.722. The highest BCUT2D eigenvalue weighted by Gasteiger charge is 2.35. The Kier molecular flexibility index (Phi) is 6.27. The lowest BCUT2D eigenvalue weighted by Gasteiger charge is -2.43. The average Bonchev–Trinajstić information content (AvgIpc) is 2.42. The van der Waals surface area contributed by atoms with Gasteiger partial charge >= 0.3 is 0 Å². The van der Waals surface area contributed by atoms with Crippen molar-refractivity contribution in [2.45, 2.75) is 26.7 Å². The molecule has 2 fully saturated rings. The average molecular weight is 283 g/mol. The molecular formula is C16H33N3O. The standard InChI is InChI=1S/C16H33N3O/c1-15(2)11-17-12-16(5-4-10-20-14-16)13-19-8-6-18(3)7-9-19/h15,17H,4-14H2,1-3H3. The van der Waals surface area contributed by atoms with Crippen molar-refractivity contribution < 1.29 is 4.74 Å². The van der Waals surface area contributed by atoms with Crippen LogP contribution < -0.4 is 5.32 Å². The fraction of sp³-hybridized carbons (Fsp3) is 1.00. The van der Waals surface area contributed by atoms with E-state index < -0.39 is 0 Å². The van der Waals surface area contributed by atoms with Gasteiger partial charge in [-0.25, -0.2) is 0 Å². The van der Waals surface area contributed by atoms with Gasteiger partial charge in [-0.3, -0.25) is 0 Å². The third-order valence-electron chi connectivity index (χ3n) is 4.61. The van der Waals surface area contributed by atoms with Crippen LogP contribution in [0, 0.1) is 11.3 Å². The Morgan fingerprint density at radius 1 is 1.20 bits per heavy atom. The number of likely N-dealkylation sites (N-methyl/N-ethyl adjacent to an activating group) is 1. The first-order valence-electron chi connectivity index (χ1n) is 8.29. The molecule has 1 unspecified atom stereocenters. The van der Waals surface area contributed by atoms with Gasteiger partial charge in [0.15, 0.2) is 0 Å². The van der Waals surface area contributed by atoms with Crippen LogP contribution in [0.3, 0.4) is 0 Å². The topological polar surface area (TPSA) is 27.7 Å². The highest BCUT2D eigenvalue weighted by molar-refractivity contribution is 4.88. The van der Waals surface area contributed by atoms with E-state index in [9.17, 15) is 0 Å². The number of hydrogen-bond acceptors (Lipinski definition) is 4. The maximum absolute atomic E-state index is 5.83. The molecular weight excluding hydrogens is 250 g/mol. The van der Waals surface area contributed by atoms with E-state index in [2.05, 4.69) is 36.0 Å². The van der Waals surface area contributed by atoms with Crippen LogP contribution >= 0.6 is 0 Å². The molecule has 1 N–H and O–H groups in total. The molecule has 0 bridgehead atoms. The highest BCUT2D eigenvalue weighted by atomic mass is 16.5. The summed E-state index contributed by atoms with van der Waals surface area (Å²) >= 11 is 0. The van der Waals surface area contributed by atoms with Gasteiger partial charge in [0.1, 0.15) is 0 Å². The van der Waals surface area contributed by atoms with Crippen LogP contribution in [0.1, 0.15) is 26.7 Å². The van der Waals surface area contributed by atoms with Gasteiger partial charge in [-0.15, -0.1) is 0 Å². The summed E-state index contributed by atoms with van der Waals surface area (Å²) in [6.45, 7) is 14.7. The van der Waals surface area contributed by atoms with Crippen molar-refractivity contribution in [3.8, 4) is 0 Å². The fourth-order valence-corrected chi connectivity index (χ4v) is 3.34. The zero-order valence-electron chi connectivity index (χ0n) is 13.7. The summed E-state index contributed by atoms with van der Waals surface area (Å²) in [5, 5.41) is 3.68. The van der Waals surface area contributed by atoms with Gasteiger partial charge in [-0.05, 0) is 32.4 Å². The molecule has 2 heterocycles. The van der Waals surface area contributed by atoms with Crippen LogP contribution in [0.2, 0.25) is 0 Å². The highest BCUT2D eigenvalue weighted by Crippen LogP contribution is 2.29. The lowest BCUT2D eigenvalue weighted by molar-refractivity contribution is -0.0319. The third kappa shape index (κ3) is 4.99. The van der Waals surface area contributed by atoms with E-state index in [1.165, 1.54) is 45.6 Å². The summed E-state index contributed by atoms with van der Waals surface area (Å²) in [5.41, 5.74) is 0.336. The number of rotatable bonds is 6. The molecule has 2 aliphatic rings. The first-order valence-corrected chi connectivity index (χ1v) is 8.29. The van der Waals surface area contributed by atoms with Crippen LogP contribution in [-0.2, 0) is 4.74 Å². The molecule has 0 aromatic rings. The SMILES string of the molecule is CC(C)CNCC1(CN2CCN(C)CC2)CCCOC1. The molecule has 0 aromatic heterocycles. The van der Waals surface area contributed by atoms with Crippen molar-refractivity contribution in [1.82, 2.24) is 15.1 Å². The molecule has 0 saturated carbocycles. The Morgan fingerprint density at radius 3 is 2.55 bits per heavy atom.